The molecule has 0 spiro atoms. The van der Waals surface area contributed by atoms with Crippen molar-refractivity contribution in [1.82, 2.24) is 0 Å². The van der Waals surface area contributed by atoms with Crippen molar-refractivity contribution in [3.63, 3.8) is 0 Å². The second-order valence-corrected chi connectivity index (χ2v) is 14.6. The summed E-state index contributed by atoms with van der Waals surface area (Å²) in [6.45, 7) is 17.0. The van der Waals surface area contributed by atoms with E-state index in [9.17, 15) is 0 Å². The van der Waals surface area contributed by atoms with E-state index in [0.717, 1.165) is 11.1 Å². The maximum absolute atomic E-state index is 6.52. The molecule has 8 heteroatoms. The topological polar surface area (TPSA) is 55.4 Å². The molecule has 3 aromatic rings. The van der Waals surface area contributed by atoms with Gasteiger partial charge in [0.05, 0.1) is 11.2 Å². The zero-order valence-electron chi connectivity index (χ0n) is 24.6. The van der Waals surface area contributed by atoms with Crippen molar-refractivity contribution >= 4 is 17.2 Å². The van der Waals surface area contributed by atoms with Gasteiger partial charge in [0.25, 0.3) is 0 Å². The van der Waals surface area contributed by atoms with Gasteiger partial charge in [0.2, 0.25) is 0 Å². The highest BCUT2D eigenvalue weighted by atomic mass is 31.2. The lowest BCUT2D eigenvalue weighted by Gasteiger charge is -2.51. The van der Waals surface area contributed by atoms with Gasteiger partial charge in [0, 0.05) is 10.8 Å². The Labute approximate surface area is 241 Å². The van der Waals surface area contributed by atoms with E-state index in [2.05, 4.69) is 79.7 Å². The fraction of sp³-hybridized carbons (Fsp3) is 0.438. The standard InChI is InChI=1S/C32H40O6P2/c1-29(2)27(23-17-11-9-12-18-23)35-39(37-31(29,5)6)33-25-21-15-16-22-26(25)34-40-36-28(24-19-13-10-14-20-24)30(3,4)32(7,8)38-40/h9-22,27-28H,1-8H3/t27-,28+,39?,40?. The molecule has 2 heterocycles. The first-order chi connectivity index (χ1) is 18.8. The summed E-state index contributed by atoms with van der Waals surface area (Å²) in [5.74, 6) is 1.04. The van der Waals surface area contributed by atoms with Crippen LogP contribution in [-0.4, -0.2) is 11.2 Å². The molecular formula is C32H40O6P2. The lowest BCUT2D eigenvalue weighted by Crippen LogP contribution is -2.48. The molecule has 0 saturated carbocycles. The number of benzene rings is 3. The van der Waals surface area contributed by atoms with Crippen LogP contribution in [-0.2, 0) is 18.1 Å². The first-order valence-electron chi connectivity index (χ1n) is 13.7. The number of para-hydroxylation sites is 2. The average Bonchev–Trinajstić information content (AvgIpc) is 2.90. The third kappa shape index (κ3) is 5.55. The molecule has 40 heavy (non-hydrogen) atoms. The molecule has 0 aliphatic carbocycles. The fourth-order valence-electron chi connectivity index (χ4n) is 4.77. The van der Waals surface area contributed by atoms with Crippen molar-refractivity contribution in [3.8, 4) is 11.5 Å². The lowest BCUT2D eigenvalue weighted by atomic mass is 9.71. The maximum atomic E-state index is 6.52. The van der Waals surface area contributed by atoms with E-state index in [4.69, 9.17) is 27.1 Å². The van der Waals surface area contributed by atoms with E-state index in [1.54, 1.807) is 0 Å². The minimum Gasteiger partial charge on any atom is -0.423 e. The molecule has 2 aliphatic rings. The summed E-state index contributed by atoms with van der Waals surface area (Å²) < 4.78 is 38.7. The quantitative estimate of drug-likeness (QED) is 0.270. The van der Waals surface area contributed by atoms with Crippen molar-refractivity contribution in [2.75, 3.05) is 0 Å². The SMILES string of the molecule is CC1(C)OP(Oc2ccccc2OP2O[C@@H](c3ccccc3)C(C)(C)C(C)(C)O2)O[C@H](c2ccccc2)C1(C)C. The molecule has 0 aromatic heterocycles. The molecular weight excluding hydrogens is 542 g/mol. The van der Waals surface area contributed by atoms with Crippen molar-refractivity contribution < 1.29 is 27.1 Å². The zero-order valence-corrected chi connectivity index (χ0v) is 26.4. The Hall–Kier alpha value is -2.04. The summed E-state index contributed by atoms with van der Waals surface area (Å²) in [5.41, 5.74) is 0.564. The molecule has 5 rings (SSSR count). The smallest absolute Gasteiger partial charge is 0.398 e. The molecule has 2 fully saturated rings. The van der Waals surface area contributed by atoms with Crippen LogP contribution in [0, 0.1) is 10.8 Å². The normalized spacial score (nSPS) is 28.4. The minimum absolute atomic E-state index is 0.208. The fourth-order valence-corrected chi connectivity index (χ4v) is 7.97. The Morgan fingerprint density at radius 1 is 0.500 bits per heavy atom. The van der Waals surface area contributed by atoms with Gasteiger partial charge in [-0.25, -0.2) is 0 Å². The zero-order chi connectivity index (χ0) is 28.8. The van der Waals surface area contributed by atoms with Gasteiger partial charge in [-0.05, 0) is 51.0 Å². The molecule has 0 radical (unpaired) electrons. The van der Waals surface area contributed by atoms with E-state index >= 15 is 0 Å². The van der Waals surface area contributed by atoms with Crippen molar-refractivity contribution in [1.29, 1.82) is 0 Å². The third-order valence-electron chi connectivity index (χ3n) is 8.80. The van der Waals surface area contributed by atoms with E-state index in [-0.39, 0.29) is 23.0 Å². The molecule has 3 aromatic carbocycles. The second kappa shape index (κ2) is 11.0. The molecule has 2 saturated heterocycles. The van der Waals surface area contributed by atoms with Gasteiger partial charge in [0.15, 0.2) is 11.5 Å². The molecule has 6 nitrogen and oxygen atoms in total. The van der Waals surface area contributed by atoms with Gasteiger partial charge in [-0.3, -0.25) is 18.1 Å². The maximum Gasteiger partial charge on any atom is 0.398 e. The van der Waals surface area contributed by atoms with Gasteiger partial charge in [-0.2, -0.15) is 0 Å². The first-order valence-corrected chi connectivity index (χ1v) is 15.9. The van der Waals surface area contributed by atoms with Crippen LogP contribution < -0.4 is 9.05 Å². The van der Waals surface area contributed by atoms with Crippen LogP contribution in [0.25, 0.3) is 0 Å². The van der Waals surface area contributed by atoms with E-state index in [1.807, 2.05) is 60.7 Å². The van der Waals surface area contributed by atoms with Crippen LogP contribution in [0.3, 0.4) is 0 Å². The summed E-state index contributed by atoms with van der Waals surface area (Å²) in [5, 5.41) is 0. The number of hydrogen-bond donors (Lipinski definition) is 0. The Morgan fingerprint density at radius 3 is 1.18 bits per heavy atom. The van der Waals surface area contributed by atoms with Crippen LogP contribution in [0.15, 0.2) is 84.9 Å². The van der Waals surface area contributed by atoms with Crippen LogP contribution in [0.1, 0.15) is 78.7 Å². The van der Waals surface area contributed by atoms with Crippen molar-refractivity contribution in [2.24, 2.45) is 10.8 Å². The largest absolute Gasteiger partial charge is 0.423 e. The van der Waals surface area contributed by atoms with Gasteiger partial charge in [-0.15, -0.1) is 0 Å². The first kappa shape index (κ1) is 29.5. The Balaban J connectivity index is 1.38. The third-order valence-corrected chi connectivity index (χ3v) is 11.5. The Bertz CT molecular complexity index is 1190. The molecule has 2 aliphatic heterocycles. The summed E-state index contributed by atoms with van der Waals surface area (Å²) in [4.78, 5) is 0. The second-order valence-electron chi connectivity index (χ2n) is 12.5. The van der Waals surface area contributed by atoms with Crippen LogP contribution >= 0.6 is 17.2 Å². The molecule has 0 amide bonds. The Morgan fingerprint density at radius 2 is 0.825 bits per heavy atom. The van der Waals surface area contributed by atoms with E-state index < -0.39 is 28.4 Å². The van der Waals surface area contributed by atoms with Gasteiger partial charge >= 0.3 is 17.2 Å². The molecule has 0 N–H and O–H groups in total. The van der Waals surface area contributed by atoms with Crippen LogP contribution in [0.5, 0.6) is 11.5 Å². The van der Waals surface area contributed by atoms with E-state index in [1.165, 1.54) is 0 Å². The van der Waals surface area contributed by atoms with Gasteiger partial charge in [0.1, 0.15) is 12.2 Å². The summed E-state index contributed by atoms with van der Waals surface area (Å²) in [6, 6.07) is 28.0. The van der Waals surface area contributed by atoms with Crippen LogP contribution in [0.4, 0.5) is 0 Å². The number of rotatable bonds is 6. The molecule has 2 unspecified atom stereocenters. The highest BCUT2D eigenvalue weighted by molar-refractivity contribution is 7.42. The van der Waals surface area contributed by atoms with Crippen molar-refractivity contribution in [3.05, 3.63) is 96.1 Å². The van der Waals surface area contributed by atoms with E-state index in [0.29, 0.717) is 11.5 Å². The highest BCUT2D eigenvalue weighted by Gasteiger charge is 2.55. The minimum atomic E-state index is -1.73. The lowest BCUT2D eigenvalue weighted by molar-refractivity contribution is -0.130. The summed E-state index contributed by atoms with van der Waals surface area (Å²) >= 11 is 0. The monoisotopic (exact) mass is 582 g/mol. The van der Waals surface area contributed by atoms with Crippen LogP contribution in [0.2, 0.25) is 0 Å². The highest BCUT2D eigenvalue weighted by Crippen LogP contribution is 2.65. The van der Waals surface area contributed by atoms with Crippen molar-refractivity contribution in [2.45, 2.75) is 78.8 Å². The molecule has 0 bridgehead atoms. The predicted octanol–water partition coefficient (Wildman–Crippen LogP) is 10.1. The Kier molecular flexibility index (Phi) is 8.09. The average molecular weight is 583 g/mol. The summed E-state index contributed by atoms with van der Waals surface area (Å²) in [7, 11) is -3.46. The van der Waals surface area contributed by atoms with Gasteiger partial charge in [-0.1, -0.05) is 100 Å². The number of hydrogen-bond acceptors (Lipinski definition) is 6. The summed E-state index contributed by atoms with van der Waals surface area (Å²) in [6.07, 6.45) is -0.415. The van der Waals surface area contributed by atoms with Gasteiger partial charge < -0.3 is 9.05 Å². The predicted molar refractivity (Wildman–Crippen MR) is 160 cm³/mol. The molecule has 4 atom stereocenters. The molecule has 214 valence electrons.